The van der Waals surface area contributed by atoms with Gasteiger partial charge in [-0.2, -0.15) is 0 Å². The zero-order chi connectivity index (χ0) is 18.2. The molecule has 2 aromatic carbocycles. The van der Waals surface area contributed by atoms with Crippen LogP contribution in [0.25, 0.3) is 0 Å². The SMILES string of the molecule is CN1C=CN(Cc2ccccc2)C1.Cl.Cn1cc[n+](Cc2ccccc2)c1.I. The normalized spacial score (nSPS) is 11.9. The molecule has 4 rings (SSSR count). The van der Waals surface area contributed by atoms with Crippen molar-refractivity contribution in [2.24, 2.45) is 7.05 Å². The highest BCUT2D eigenvalue weighted by atomic mass is 127. The van der Waals surface area contributed by atoms with E-state index in [0.717, 1.165) is 19.8 Å². The van der Waals surface area contributed by atoms with E-state index in [1.54, 1.807) is 0 Å². The van der Waals surface area contributed by atoms with Crippen LogP contribution in [0.2, 0.25) is 0 Å². The molecule has 0 aliphatic carbocycles. The van der Waals surface area contributed by atoms with Gasteiger partial charge in [0.15, 0.2) is 0 Å². The van der Waals surface area contributed by atoms with Gasteiger partial charge in [-0.1, -0.05) is 60.7 Å². The maximum atomic E-state index is 2.29. The highest BCUT2D eigenvalue weighted by molar-refractivity contribution is 14.0. The summed E-state index contributed by atoms with van der Waals surface area (Å²) >= 11 is 0. The Bertz CT molecular complexity index is 821. The standard InChI is InChI=1S/C11H14N2.C11H13N2.ClH.HI/c2*1-12-7-8-13(10-12)9-11-5-3-2-4-6-11;;/h2-8H,9-10H2,1H3;2-8,10H,9H2,1H3;2*1H/q;+1;;. The van der Waals surface area contributed by atoms with Gasteiger partial charge in [0.05, 0.1) is 13.7 Å². The third kappa shape index (κ3) is 7.94. The van der Waals surface area contributed by atoms with E-state index in [9.17, 15) is 0 Å². The van der Waals surface area contributed by atoms with Crippen LogP contribution in [-0.4, -0.2) is 28.1 Å². The largest absolute Gasteiger partial charge is 0.362 e. The third-order valence-electron chi connectivity index (χ3n) is 4.20. The summed E-state index contributed by atoms with van der Waals surface area (Å²) in [6, 6.07) is 21.0. The number of aromatic nitrogens is 2. The minimum atomic E-state index is 0. The third-order valence-corrected chi connectivity index (χ3v) is 4.20. The molecule has 6 heteroatoms. The quantitative estimate of drug-likeness (QED) is 0.384. The van der Waals surface area contributed by atoms with Gasteiger partial charge in [0.2, 0.25) is 6.33 Å². The lowest BCUT2D eigenvalue weighted by molar-refractivity contribution is -0.687. The summed E-state index contributed by atoms with van der Waals surface area (Å²) in [4.78, 5) is 4.46. The van der Waals surface area contributed by atoms with E-state index in [2.05, 4.69) is 101 Å². The molecule has 0 saturated heterocycles. The van der Waals surface area contributed by atoms with Crippen LogP contribution < -0.4 is 4.57 Å². The van der Waals surface area contributed by atoms with Crippen molar-refractivity contribution in [1.29, 1.82) is 0 Å². The van der Waals surface area contributed by atoms with E-state index in [1.165, 1.54) is 11.1 Å². The molecule has 0 bridgehead atoms. The van der Waals surface area contributed by atoms with Gasteiger partial charge in [-0.3, -0.25) is 0 Å². The fourth-order valence-corrected chi connectivity index (χ4v) is 2.90. The number of benzene rings is 2. The van der Waals surface area contributed by atoms with Crippen LogP contribution in [0.1, 0.15) is 11.1 Å². The number of rotatable bonds is 4. The fraction of sp³-hybridized carbons (Fsp3) is 0.227. The van der Waals surface area contributed by atoms with Gasteiger partial charge in [-0.25, -0.2) is 9.13 Å². The summed E-state index contributed by atoms with van der Waals surface area (Å²) in [5.74, 6) is 0. The molecule has 2 heterocycles. The predicted molar refractivity (Wildman–Crippen MR) is 128 cm³/mol. The summed E-state index contributed by atoms with van der Waals surface area (Å²) in [7, 11) is 4.11. The first kappa shape index (κ1) is 24.0. The van der Waals surface area contributed by atoms with Crippen molar-refractivity contribution >= 4 is 36.4 Å². The lowest BCUT2D eigenvalue weighted by Crippen LogP contribution is -2.31. The number of hydrogen-bond acceptors (Lipinski definition) is 2. The van der Waals surface area contributed by atoms with Crippen molar-refractivity contribution in [3.63, 3.8) is 0 Å². The Morgan fingerprint density at radius 3 is 1.96 bits per heavy atom. The molecule has 0 atom stereocenters. The molecule has 0 radical (unpaired) electrons. The average Bonchev–Trinajstić information content (AvgIpc) is 3.25. The Balaban J connectivity index is 0.000000261. The van der Waals surface area contributed by atoms with Crippen molar-refractivity contribution in [2.75, 3.05) is 13.7 Å². The topological polar surface area (TPSA) is 15.3 Å². The molecule has 3 aromatic rings. The Morgan fingerprint density at radius 2 is 1.46 bits per heavy atom. The summed E-state index contributed by atoms with van der Waals surface area (Å²) in [6.07, 6.45) is 10.4. The van der Waals surface area contributed by atoms with Crippen LogP contribution in [0.15, 0.2) is 91.8 Å². The minimum Gasteiger partial charge on any atom is -0.362 e. The molecule has 1 aliphatic rings. The molecule has 0 fully saturated rings. The van der Waals surface area contributed by atoms with E-state index in [0.29, 0.717) is 0 Å². The van der Waals surface area contributed by atoms with Crippen molar-refractivity contribution in [3.05, 3.63) is 103 Å². The monoisotopic (exact) mass is 511 g/mol. The van der Waals surface area contributed by atoms with E-state index in [1.807, 2.05) is 23.9 Å². The van der Waals surface area contributed by atoms with E-state index < -0.39 is 0 Å². The lowest BCUT2D eigenvalue weighted by Gasteiger charge is -2.17. The fourth-order valence-electron chi connectivity index (χ4n) is 2.90. The zero-order valence-corrected chi connectivity index (χ0v) is 19.5. The Kier molecular flexibility index (Phi) is 10.7. The van der Waals surface area contributed by atoms with E-state index >= 15 is 0 Å². The number of nitrogens with zero attached hydrogens (tertiary/aromatic N) is 4. The maximum Gasteiger partial charge on any atom is 0.243 e. The number of hydrogen-bond donors (Lipinski definition) is 0. The smallest absolute Gasteiger partial charge is 0.243 e. The van der Waals surface area contributed by atoms with Gasteiger partial charge in [-0.05, 0) is 11.1 Å². The molecule has 0 unspecified atom stereocenters. The molecule has 1 aliphatic heterocycles. The van der Waals surface area contributed by atoms with E-state index in [-0.39, 0.29) is 36.4 Å². The molecule has 0 amide bonds. The Labute approximate surface area is 191 Å². The van der Waals surface area contributed by atoms with E-state index in [4.69, 9.17) is 0 Å². The second kappa shape index (κ2) is 12.5. The number of halogens is 2. The Hall–Kier alpha value is -1.99. The van der Waals surface area contributed by atoms with Gasteiger partial charge in [0.25, 0.3) is 0 Å². The van der Waals surface area contributed by atoms with Gasteiger partial charge in [-0.15, -0.1) is 36.4 Å². The summed E-state index contributed by atoms with van der Waals surface area (Å²) in [6.45, 7) is 2.94. The van der Waals surface area contributed by atoms with Crippen LogP contribution in [0, 0.1) is 0 Å². The maximum absolute atomic E-state index is 2.29. The van der Waals surface area contributed by atoms with Crippen LogP contribution in [0.5, 0.6) is 0 Å². The molecule has 0 spiro atoms. The average molecular weight is 512 g/mol. The van der Waals surface area contributed by atoms with Crippen LogP contribution in [0.4, 0.5) is 0 Å². The summed E-state index contributed by atoms with van der Waals surface area (Å²) in [5.41, 5.74) is 2.70. The molecule has 150 valence electrons. The number of imidazole rings is 1. The molecular formula is C22H29ClIN4+. The Morgan fingerprint density at radius 1 is 0.857 bits per heavy atom. The highest BCUT2D eigenvalue weighted by Crippen LogP contribution is 2.09. The molecule has 0 saturated carbocycles. The van der Waals surface area contributed by atoms with Crippen molar-refractivity contribution in [1.82, 2.24) is 14.4 Å². The molecular weight excluding hydrogens is 483 g/mol. The first-order valence-electron chi connectivity index (χ1n) is 8.90. The highest BCUT2D eigenvalue weighted by Gasteiger charge is 2.07. The zero-order valence-electron chi connectivity index (χ0n) is 16.4. The molecule has 0 N–H and O–H groups in total. The second-order valence-electron chi connectivity index (χ2n) is 6.67. The van der Waals surface area contributed by atoms with Crippen molar-refractivity contribution < 1.29 is 4.57 Å². The summed E-state index contributed by atoms with van der Waals surface area (Å²) in [5, 5.41) is 0. The van der Waals surface area contributed by atoms with Gasteiger partial charge >= 0.3 is 0 Å². The van der Waals surface area contributed by atoms with Gasteiger partial charge in [0, 0.05) is 26.0 Å². The lowest BCUT2D eigenvalue weighted by atomic mass is 10.2. The predicted octanol–water partition coefficient (Wildman–Crippen LogP) is 4.26. The molecule has 28 heavy (non-hydrogen) atoms. The van der Waals surface area contributed by atoms with Crippen LogP contribution >= 0.6 is 36.4 Å². The van der Waals surface area contributed by atoms with Gasteiger partial charge in [0.1, 0.15) is 18.9 Å². The first-order valence-corrected chi connectivity index (χ1v) is 8.90. The molecule has 4 nitrogen and oxygen atoms in total. The summed E-state index contributed by atoms with van der Waals surface area (Å²) < 4.78 is 4.21. The molecule has 1 aromatic heterocycles. The first-order chi connectivity index (χ1) is 12.7. The number of aryl methyl sites for hydroxylation is 1. The van der Waals surface area contributed by atoms with Crippen molar-refractivity contribution in [2.45, 2.75) is 13.1 Å². The van der Waals surface area contributed by atoms with Crippen LogP contribution in [0.3, 0.4) is 0 Å². The van der Waals surface area contributed by atoms with Crippen molar-refractivity contribution in [3.8, 4) is 0 Å². The second-order valence-corrected chi connectivity index (χ2v) is 6.67. The van der Waals surface area contributed by atoms with Crippen LogP contribution in [-0.2, 0) is 20.1 Å². The minimum absolute atomic E-state index is 0. The van der Waals surface area contributed by atoms with Gasteiger partial charge < -0.3 is 9.80 Å².